The van der Waals surface area contributed by atoms with Crippen LogP contribution >= 0.6 is 0 Å². The van der Waals surface area contributed by atoms with E-state index in [0.29, 0.717) is 0 Å². The van der Waals surface area contributed by atoms with Gasteiger partial charge in [0.05, 0.1) is 11.1 Å². The highest BCUT2D eigenvalue weighted by molar-refractivity contribution is 6.30. The molecular formula is C52H33NO. The van der Waals surface area contributed by atoms with Gasteiger partial charge in [-0.05, 0) is 114 Å². The summed E-state index contributed by atoms with van der Waals surface area (Å²) in [4.78, 5) is 2.40. The monoisotopic (exact) mass is 687 g/mol. The van der Waals surface area contributed by atoms with Crippen molar-refractivity contribution in [3.05, 3.63) is 200 Å². The second kappa shape index (κ2) is 12.2. The van der Waals surface area contributed by atoms with Gasteiger partial charge in [-0.1, -0.05) is 152 Å². The van der Waals surface area contributed by atoms with Crippen molar-refractivity contribution in [1.29, 1.82) is 0 Å². The lowest BCUT2D eigenvalue weighted by atomic mass is 9.88. The molecule has 0 unspecified atom stereocenters. The Hall–Kier alpha value is -7.16. The first-order chi connectivity index (χ1) is 26.8. The highest BCUT2D eigenvalue weighted by Crippen LogP contribution is 2.46. The summed E-state index contributed by atoms with van der Waals surface area (Å²) < 4.78 is 6.43. The number of rotatable bonds is 5. The van der Waals surface area contributed by atoms with E-state index in [2.05, 4.69) is 199 Å². The van der Waals surface area contributed by atoms with E-state index >= 15 is 0 Å². The third kappa shape index (κ3) is 4.81. The molecule has 0 aliphatic heterocycles. The number of hydrogen-bond acceptors (Lipinski definition) is 2. The van der Waals surface area contributed by atoms with Gasteiger partial charge < -0.3 is 9.32 Å². The van der Waals surface area contributed by atoms with E-state index in [0.717, 1.165) is 50.1 Å². The second-order valence-electron chi connectivity index (χ2n) is 14.1. The Morgan fingerprint density at radius 2 is 0.889 bits per heavy atom. The average Bonchev–Trinajstić information content (AvgIpc) is 3.63. The van der Waals surface area contributed by atoms with Crippen molar-refractivity contribution in [3.63, 3.8) is 0 Å². The molecule has 0 bridgehead atoms. The van der Waals surface area contributed by atoms with Crippen LogP contribution in [0.3, 0.4) is 0 Å². The summed E-state index contributed by atoms with van der Waals surface area (Å²) in [6.07, 6.45) is 0. The molecule has 1 heterocycles. The van der Waals surface area contributed by atoms with Gasteiger partial charge in [-0.15, -0.1) is 0 Å². The summed E-state index contributed by atoms with van der Waals surface area (Å²) in [7, 11) is 0. The normalized spacial score (nSPS) is 11.7. The zero-order valence-electron chi connectivity index (χ0n) is 29.4. The van der Waals surface area contributed by atoms with E-state index in [9.17, 15) is 0 Å². The predicted molar refractivity (Wildman–Crippen MR) is 229 cm³/mol. The molecule has 10 aromatic carbocycles. The fourth-order valence-electron chi connectivity index (χ4n) is 8.56. The minimum Gasteiger partial charge on any atom is -0.456 e. The zero-order valence-corrected chi connectivity index (χ0v) is 29.4. The van der Waals surface area contributed by atoms with Gasteiger partial charge in [0.15, 0.2) is 0 Å². The van der Waals surface area contributed by atoms with Crippen LogP contribution in [0.5, 0.6) is 0 Å². The molecule has 11 rings (SSSR count). The first-order valence-electron chi connectivity index (χ1n) is 18.5. The van der Waals surface area contributed by atoms with Crippen molar-refractivity contribution in [3.8, 4) is 22.3 Å². The molecule has 0 amide bonds. The molecule has 2 nitrogen and oxygen atoms in total. The molecule has 0 radical (unpaired) electrons. The molecule has 0 saturated carbocycles. The van der Waals surface area contributed by atoms with Gasteiger partial charge in [-0.25, -0.2) is 0 Å². The molecule has 11 aromatic rings. The van der Waals surface area contributed by atoms with Crippen molar-refractivity contribution in [2.45, 2.75) is 0 Å². The molecule has 0 spiro atoms. The second-order valence-corrected chi connectivity index (χ2v) is 14.1. The summed E-state index contributed by atoms with van der Waals surface area (Å²) in [5.41, 5.74) is 9.70. The summed E-state index contributed by atoms with van der Waals surface area (Å²) in [6, 6.07) is 72.3. The first-order valence-corrected chi connectivity index (χ1v) is 18.5. The molecule has 0 aliphatic carbocycles. The number of hydrogen-bond donors (Lipinski definition) is 0. The number of anilines is 3. The Bertz CT molecular complexity index is 3230. The third-order valence-electron chi connectivity index (χ3n) is 11.0. The smallest absolute Gasteiger partial charge is 0.137 e. The maximum Gasteiger partial charge on any atom is 0.137 e. The van der Waals surface area contributed by atoms with E-state index in [1.165, 1.54) is 54.2 Å². The van der Waals surface area contributed by atoms with E-state index in [-0.39, 0.29) is 0 Å². The van der Waals surface area contributed by atoms with Crippen LogP contribution in [0.4, 0.5) is 17.1 Å². The lowest BCUT2D eigenvalue weighted by Gasteiger charge is -2.27. The quantitative estimate of drug-likeness (QED) is 0.168. The maximum absolute atomic E-state index is 6.43. The van der Waals surface area contributed by atoms with Crippen LogP contribution in [-0.4, -0.2) is 0 Å². The van der Waals surface area contributed by atoms with Crippen molar-refractivity contribution in [2.75, 3.05) is 4.90 Å². The van der Waals surface area contributed by atoms with Crippen molar-refractivity contribution < 1.29 is 4.42 Å². The molecule has 0 N–H and O–H groups in total. The maximum atomic E-state index is 6.43. The fourth-order valence-corrected chi connectivity index (χ4v) is 8.56. The van der Waals surface area contributed by atoms with Crippen LogP contribution in [-0.2, 0) is 0 Å². The van der Waals surface area contributed by atoms with Crippen LogP contribution in [0.1, 0.15) is 0 Å². The third-order valence-corrected chi connectivity index (χ3v) is 11.0. The Morgan fingerprint density at radius 1 is 0.315 bits per heavy atom. The predicted octanol–water partition coefficient (Wildman–Crippen LogP) is 15.0. The molecule has 0 fully saturated rings. The Labute approximate surface area is 312 Å². The lowest BCUT2D eigenvalue weighted by Crippen LogP contribution is -2.10. The average molecular weight is 688 g/mol. The number of nitrogens with zero attached hydrogens (tertiary/aromatic N) is 1. The van der Waals surface area contributed by atoms with Gasteiger partial charge >= 0.3 is 0 Å². The molecule has 54 heavy (non-hydrogen) atoms. The van der Waals surface area contributed by atoms with Crippen molar-refractivity contribution in [2.24, 2.45) is 0 Å². The van der Waals surface area contributed by atoms with Crippen molar-refractivity contribution in [1.82, 2.24) is 0 Å². The topological polar surface area (TPSA) is 16.4 Å². The first kappa shape index (κ1) is 30.5. The highest BCUT2D eigenvalue weighted by atomic mass is 16.3. The van der Waals surface area contributed by atoms with Crippen LogP contribution < -0.4 is 4.90 Å². The van der Waals surface area contributed by atoms with Crippen LogP contribution in [0.25, 0.3) is 87.3 Å². The fraction of sp³-hybridized carbons (Fsp3) is 0. The van der Waals surface area contributed by atoms with E-state index in [4.69, 9.17) is 4.42 Å². The van der Waals surface area contributed by atoms with Crippen LogP contribution in [0.15, 0.2) is 205 Å². The summed E-state index contributed by atoms with van der Waals surface area (Å²) in [5, 5.41) is 12.3. The molecular weight excluding hydrogens is 655 g/mol. The standard InChI is InChI=1S/C52H33NO/c1-2-13-34(14-3-1)37-17-10-19-40(31-37)53(47-24-12-26-49-52(47)45-23-8-9-25-48(45)54-49)41-20-11-18-38(32-41)46-33-39-28-27-35-15-4-6-21-42(35)50(39)51-43-22-7-5-16-36(43)29-30-44(46)51/h1-33H. The van der Waals surface area contributed by atoms with Crippen LogP contribution in [0.2, 0.25) is 0 Å². The largest absolute Gasteiger partial charge is 0.456 e. The van der Waals surface area contributed by atoms with Gasteiger partial charge in [-0.2, -0.15) is 0 Å². The highest BCUT2D eigenvalue weighted by Gasteiger charge is 2.21. The van der Waals surface area contributed by atoms with E-state index in [1.807, 2.05) is 6.07 Å². The van der Waals surface area contributed by atoms with E-state index < -0.39 is 0 Å². The number of furan rings is 1. The SMILES string of the molecule is c1ccc(-c2cccc(N(c3cccc(-c4cc5ccc6ccccc6c5c5c4ccc4ccccc45)c3)c3cccc4oc5ccccc5c34)c2)cc1. The number of para-hydroxylation sites is 1. The van der Waals surface area contributed by atoms with Gasteiger partial charge in [0.25, 0.3) is 0 Å². The molecule has 0 saturated heterocycles. The molecule has 0 atom stereocenters. The van der Waals surface area contributed by atoms with Crippen LogP contribution in [0, 0.1) is 0 Å². The molecule has 1 aromatic heterocycles. The molecule has 2 heteroatoms. The van der Waals surface area contributed by atoms with Gasteiger partial charge in [-0.3, -0.25) is 0 Å². The zero-order chi connectivity index (χ0) is 35.6. The number of fused-ring (bicyclic) bond motifs is 10. The summed E-state index contributed by atoms with van der Waals surface area (Å²) in [6.45, 7) is 0. The summed E-state index contributed by atoms with van der Waals surface area (Å²) in [5.74, 6) is 0. The van der Waals surface area contributed by atoms with Gasteiger partial charge in [0.2, 0.25) is 0 Å². The lowest BCUT2D eigenvalue weighted by molar-refractivity contribution is 0.669. The summed E-state index contributed by atoms with van der Waals surface area (Å²) >= 11 is 0. The number of benzene rings is 10. The molecule has 0 aliphatic rings. The Kier molecular flexibility index (Phi) is 6.90. The van der Waals surface area contributed by atoms with E-state index in [1.54, 1.807) is 0 Å². The Balaban J connectivity index is 1.19. The minimum absolute atomic E-state index is 0.869. The van der Waals surface area contributed by atoms with Gasteiger partial charge in [0.1, 0.15) is 11.2 Å². The van der Waals surface area contributed by atoms with Crippen molar-refractivity contribution >= 4 is 82.1 Å². The Morgan fingerprint density at radius 3 is 1.69 bits per heavy atom. The molecule has 252 valence electrons. The minimum atomic E-state index is 0.869. The van der Waals surface area contributed by atoms with Gasteiger partial charge in [0, 0.05) is 16.8 Å².